The average Bonchev–Trinajstić information content (AvgIpc) is 2.91. The van der Waals surface area contributed by atoms with Crippen LogP contribution in [0.3, 0.4) is 0 Å². The molecule has 0 fully saturated rings. The summed E-state index contributed by atoms with van der Waals surface area (Å²) in [5.41, 5.74) is 3.97. The van der Waals surface area contributed by atoms with Crippen LogP contribution in [0.2, 0.25) is 0 Å². The van der Waals surface area contributed by atoms with Crippen molar-refractivity contribution in [3.8, 4) is 22.6 Å². The van der Waals surface area contributed by atoms with Gasteiger partial charge in [-0.2, -0.15) is 0 Å². The molecule has 3 aliphatic rings. The van der Waals surface area contributed by atoms with Gasteiger partial charge in [0.05, 0.1) is 11.3 Å². The maximum atomic E-state index is 12.1. The lowest BCUT2D eigenvalue weighted by Crippen LogP contribution is -2.29. The normalized spacial score (nSPS) is 17.0. The topological polar surface area (TPSA) is 59.8 Å². The Morgan fingerprint density at radius 1 is 1.25 bits per heavy atom. The molecule has 0 bridgehead atoms. The molecule has 1 aromatic carbocycles. The van der Waals surface area contributed by atoms with Crippen molar-refractivity contribution in [1.82, 2.24) is 14.5 Å². The predicted molar refractivity (Wildman–Crippen MR) is 96.6 cm³/mol. The van der Waals surface area contributed by atoms with E-state index in [0.717, 1.165) is 33.4 Å². The molecule has 1 N–H and O–H groups in total. The number of carbonyl (C=O) groups is 1. The van der Waals surface area contributed by atoms with E-state index in [2.05, 4.69) is 16.8 Å². The minimum Gasteiger partial charge on any atom is -0.311 e. The number of aromatic nitrogens is 3. The first-order chi connectivity index (χ1) is 11.6. The number of anilines is 1. The molecular formula is C18H18N4OS. The Balaban J connectivity index is 2.03. The van der Waals surface area contributed by atoms with Gasteiger partial charge in [-0.3, -0.25) is 4.79 Å². The molecule has 1 unspecified atom stereocenters. The van der Waals surface area contributed by atoms with E-state index < -0.39 is 0 Å². The molecule has 1 atom stereocenters. The Bertz CT molecular complexity index is 903. The van der Waals surface area contributed by atoms with Crippen molar-refractivity contribution in [3.63, 3.8) is 0 Å². The van der Waals surface area contributed by atoms with Gasteiger partial charge in [-0.1, -0.05) is 42.1 Å². The van der Waals surface area contributed by atoms with Gasteiger partial charge in [0, 0.05) is 18.0 Å². The number of rotatable bonds is 2. The van der Waals surface area contributed by atoms with Gasteiger partial charge in [0.1, 0.15) is 5.82 Å². The van der Waals surface area contributed by atoms with Crippen LogP contribution in [0.15, 0.2) is 35.5 Å². The summed E-state index contributed by atoms with van der Waals surface area (Å²) < 4.78 is 2.12. The second-order valence-corrected chi connectivity index (χ2v) is 6.84. The molecular weight excluding hydrogens is 320 g/mol. The van der Waals surface area contributed by atoms with Crippen molar-refractivity contribution in [3.05, 3.63) is 35.9 Å². The molecule has 0 spiro atoms. The highest BCUT2D eigenvalue weighted by Crippen LogP contribution is 2.42. The first-order valence-corrected chi connectivity index (χ1v) is 9.14. The minimum absolute atomic E-state index is 0.0453. The van der Waals surface area contributed by atoms with E-state index in [4.69, 9.17) is 9.97 Å². The van der Waals surface area contributed by atoms with Gasteiger partial charge in [-0.05, 0) is 25.7 Å². The van der Waals surface area contributed by atoms with Crippen LogP contribution < -0.4 is 5.32 Å². The number of nitrogens with zero attached hydrogens (tertiary/aromatic N) is 3. The van der Waals surface area contributed by atoms with Crippen LogP contribution in [0.4, 0.5) is 5.82 Å². The highest BCUT2D eigenvalue weighted by atomic mass is 32.2. The Morgan fingerprint density at radius 2 is 2.00 bits per heavy atom. The van der Waals surface area contributed by atoms with Crippen molar-refractivity contribution in [2.75, 3.05) is 11.6 Å². The first kappa shape index (κ1) is 15.2. The lowest BCUT2D eigenvalue weighted by Gasteiger charge is -2.29. The van der Waals surface area contributed by atoms with E-state index in [9.17, 15) is 4.79 Å². The predicted octanol–water partition coefficient (Wildman–Crippen LogP) is 3.98. The van der Waals surface area contributed by atoms with Gasteiger partial charge in [0.15, 0.2) is 11.0 Å². The number of thioether (sulfide) groups is 1. The Kier molecular flexibility index (Phi) is 3.57. The third-order valence-electron chi connectivity index (χ3n) is 4.47. The molecule has 0 saturated heterocycles. The van der Waals surface area contributed by atoms with E-state index >= 15 is 0 Å². The molecule has 122 valence electrons. The first-order valence-electron chi connectivity index (χ1n) is 7.92. The molecule has 0 saturated carbocycles. The third-order valence-corrected chi connectivity index (χ3v) is 5.12. The van der Waals surface area contributed by atoms with Gasteiger partial charge >= 0.3 is 0 Å². The second kappa shape index (κ2) is 5.63. The molecule has 6 heteroatoms. The highest BCUT2D eigenvalue weighted by Gasteiger charge is 2.31. The smallest absolute Gasteiger partial charge is 0.227 e. The quantitative estimate of drug-likeness (QED) is 0.567. The molecule has 3 aliphatic heterocycles. The maximum absolute atomic E-state index is 12.1. The summed E-state index contributed by atoms with van der Waals surface area (Å²) in [7, 11) is 0. The second-order valence-electron chi connectivity index (χ2n) is 6.07. The van der Waals surface area contributed by atoms with E-state index in [1.54, 1.807) is 11.8 Å². The van der Waals surface area contributed by atoms with Crippen molar-refractivity contribution in [2.24, 2.45) is 0 Å². The zero-order valence-electron chi connectivity index (χ0n) is 13.8. The summed E-state index contributed by atoms with van der Waals surface area (Å²) in [5.74, 6) is 1.56. The fourth-order valence-corrected chi connectivity index (χ4v) is 4.00. The number of benzene rings is 1. The highest BCUT2D eigenvalue weighted by molar-refractivity contribution is 7.98. The van der Waals surface area contributed by atoms with Crippen LogP contribution in [0.5, 0.6) is 0 Å². The molecule has 0 aromatic heterocycles. The molecule has 24 heavy (non-hydrogen) atoms. The maximum Gasteiger partial charge on any atom is 0.227 e. The van der Waals surface area contributed by atoms with E-state index in [1.807, 2.05) is 43.5 Å². The molecule has 1 amide bonds. The Labute approximate surface area is 144 Å². The summed E-state index contributed by atoms with van der Waals surface area (Å²) in [4.78, 5) is 21.6. The fraction of sp³-hybridized carbons (Fsp3) is 0.278. The largest absolute Gasteiger partial charge is 0.311 e. The summed E-state index contributed by atoms with van der Waals surface area (Å²) in [6, 6.07) is 10.2. The van der Waals surface area contributed by atoms with Gasteiger partial charge in [0.25, 0.3) is 0 Å². The van der Waals surface area contributed by atoms with E-state index in [-0.39, 0.29) is 11.9 Å². The Hall–Kier alpha value is -2.34. The zero-order valence-corrected chi connectivity index (χ0v) is 14.6. The number of amides is 1. The molecule has 0 radical (unpaired) electrons. The SMILES string of the molecule is CSc1nc2nc(-c3ccccc3)c(C)c-2c2n1C(C)CC(=O)N2. The van der Waals surface area contributed by atoms with Crippen molar-refractivity contribution < 1.29 is 4.79 Å². The lowest BCUT2D eigenvalue weighted by atomic mass is 10.0. The number of hydrogen-bond donors (Lipinski definition) is 1. The van der Waals surface area contributed by atoms with Crippen LogP contribution >= 0.6 is 11.8 Å². The molecule has 3 heterocycles. The third kappa shape index (κ3) is 2.21. The lowest BCUT2D eigenvalue weighted by molar-refractivity contribution is -0.117. The summed E-state index contributed by atoms with van der Waals surface area (Å²) >= 11 is 1.57. The van der Waals surface area contributed by atoms with Crippen LogP contribution in [-0.4, -0.2) is 26.7 Å². The number of carbonyl (C=O) groups excluding carboxylic acids is 1. The van der Waals surface area contributed by atoms with Crippen LogP contribution in [0, 0.1) is 6.92 Å². The van der Waals surface area contributed by atoms with E-state index in [0.29, 0.717) is 12.2 Å². The number of fused-ring (bicyclic) bond motifs is 3. The van der Waals surface area contributed by atoms with Crippen molar-refractivity contribution in [2.45, 2.75) is 31.5 Å². The van der Waals surface area contributed by atoms with Gasteiger partial charge in [-0.15, -0.1) is 0 Å². The monoisotopic (exact) mass is 338 g/mol. The molecule has 4 rings (SSSR count). The summed E-state index contributed by atoms with van der Waals surface area (Å²) in [5, 5.41) is 3.92. The van der Waals surface area contributed by atoms with Gasteiger partial charge < -0.3 is 9.88 Å². The average molecular weight is 338 g/mol. The number of nitrogens with one attached hydrogen (secondary N) is 1. The van der Waals surface area contributed by atoms with Crippen LogP contribution in [0.1, 0.15) is 24.9 Å². The van der Waals surface area contributed by atoms with Crippen molar-refractivity contribution >= 4 is 23.5 Å². The summed E-state index contributed by atoms with van der Waals surface area (Å²) in [6.45, 7) is 4.10. The van der Waals surface area contributed by atoms with Crippen LogP contribution in [0.25, 0.3) is 22.6 Å². The molecule has 1 aromatic rings. The Morgan fingerprint density at radius 3 is 2.71 bits per heavy atom. The molecule has 5 nitrogen and oxygen atoms in total. The van der Waals surface area contributed by atoms with Crippen LogP contribution in [-0.2, 0) is 4.79 Å². The van der Waals surface area contributed by atoms with Crippen molar-refractivity contribution in [1.29, 1.82) is 0 Å². The van der Waals surface area contributed by atoms with Gasteiger partial charge in [-0.25, -0.2) is 9.97 Å². The summed E-state index contributed by atoms with van der Waals surface area (Å²) in [6.07, 6.45) is 2.47. The fourth-order valence-electron chi connectivity index (χ4n) is 3.35. The van der Waals surface area contributed by atoms with Gasteiger partial charge in [0.2, 0.25) is 5.91 Å². The van der Waals surface area contributed by atoms with E-state index in [1.165, 1.54) is 0 Å². The number of hydrogen-bond acceptors (Lipinski definition) is 4. The minimum atomic E-state index is 0.0453. The standard InChI is InChI=1S/C18H18N4OS/c1-10-9-13(23)19-17-14-11(2)15(12-7-5-4-6-8-12)20-16(14)21-18(24-3)22(10)17/h4-8,10H,9H2,1-3H3,(H,19,23). The zero-order chi connectivity index (χ0) is 16.8. The molecule has 0 aliphatic carbocycles.